The van der Waals surface area contributed by atoms with Crippen molar-refractivity contribution in [1.82, 2.24) is 14.5 Å². The molecule has 4 rings (SSSR count). The van der Waals surface area contributed by atoms with Crippen LogP contribution in [0.1, 0.15) is 55.4 Å². The first-order chi connectivity index (χ1) is 23.4. The van der Waals surface area contributed by atoms with Gasteiger partial charge in [0.25, 0.3) is 0 Å². The molecule has 14 nitrogen and oxygen atoms in total. The van der Waals surface area contributed by atoms with Gasteiger partial charge in [-0.2, -0.15) is 0 Å². The van der Waals surface area contributed by atoms with Crippen LogP contribution in [0.25, 0.3) is 21.8 Å². The van der Waals surface area contributed by atoms with E-state index in [1.54, 1.807) is 50.5 Å². The molecule has 0 unspecified atom stereocenters. The number of carbonyl (C=O) groups excluding carboxylic acids is 4. The van der Waals surface area contributed by atoms with E-state index in [9.17, 15) is 19.2 Å². The van der Waals surface area contributed by atoms with Crippen molar-refractivity contribution in [1.29, 1.82) is 0 Å². The number of isothiocyanates is 1. The maximum absolute atomic E-state index is 12.3. The third kappa shape index (κ3) is 13.0. The molecule has 0 saturated heterocycles. The Labute approximate surface area is 300 Å². The molecule has 0 aliphatic heterocycles. The van der Waals surface area contributed by atoms with Crippen LogP contribution in [-0.4, -0.2) is 68.2 Å². The fourth-order valence-corrected chi connectivity index (χ4v) is 4.28. The summed E-state index contributed by atoms with van der Waals surface area (Å²) >= 11 is 9.22. The van der Waals surface area contributed by atoms with Gasteiger partial charge in [-0.1, -0.05) is 12.1 Å². The van der Waals surface area contributed by atoms with E-state index in [0.717, 1.165) is 16.3 Å². The number of nitrogen functional groups attached to an aromatic ring is 1. The standard InChI is InChI=1S/C17H21N3O4S.C13H16N2O2.C4H5NO2S/c1-5-23-15(21)19-14(25)18-12-7-6-8-13-11(12)9-10-20(13)16(22)24-17(2,3)4;1-13(2,3)17-12(16)15-8-7-9-10(14)5-4-6-11(9)15;1-2-7-4(6)5-3-8/h6-10H,5H2,1-4H3,(H2,18,19,21,25);4-8H,14H2,1-3H3;2H2,1H3. The molecule has 0 fully saturated rings. The van der Waals surface area contributed by atoms with E-state index < -0.39 is 35.6 Å². The molecule has 4 aromatic rings. The van der Waals surface area contributed by atoms with Gasteiger partial charge >= 0.3 is 24.4 Å². The number of nitrogens with one attached hydrogen (secondary N) is 2. The lowest BCUT2D eigenvalue weighted by atomic mass is 10.2. The molecule has 2 aromatic heterocycles. The predicted octanol–water partition coefficient (Wildman–Crippen LogP) is 8.12. The summed E-state index contributed by atoms with van der Waals surface area (Å²) in [4.78, 5) is 48.8. The fraction of sp³-hybridized carbons (Fsp3) is 0.353. The van der Waals surface area contributed by atoms with Crippen molar-refractivity contribution in [2.75, 3.05) is 24.3 Å². The number of aliphatic imine (C=N–C) groups is 1. The lowest BCUT2D eigenvalue weighted by Gasteiger charge is -2.19. The summed E-state index contributed by atoms with van der Waals surface area (Å²) in [6.07, 6.45) is 1.15. The molecule has 2 amide bonds. The van der Waals surface area contributed by atoms with E-state index in [1.807, 2.05) is 71.0 Å². The van der Waals surface area contributed by atoms with Crippen LogP contribution in [0, 0.1) is 0 Å². The van der Waals surface area contributed by atoms with Crippen LogP contribution in [0.15, 0.2) is 65.9 Å². The second kappa shape index (κ2) is 18.5. The van der Waals surface area contributed by atoms with Gasteiger partial charge in [0.15, 0.2) is 5.11 Å². The molecular formula is C34H42N6O8S2. The normalized spacial score (nSPS) is 10.6. The molecule has 0 aliphatic carbocycles. The summed E-state index contributed by atoms with van der Waals surface area (Å²) in [6, 6.07) is 14.4. The molecule has 268 valence electrons. The van der Waals surface area contributed by atoms with E-state index in [0.29, 0.717) is 23.5 Å². The number of aromatic nitrogens is 2. The van der Waals surface area contributed by atoms with Gasteiger partial charge in [0.1, 0.15) is 11.2 Å². The Kier molecular flexibility index (Phi) is 15.1. The first kappa shape index (κ1) is 40.9. The first-order valence-electron chi connectivity index (χ1n) is 15.3. The molecule has 2 aromatic carbocycles. The van der Waals surface area contributed by atoms with Crippen molar-refractivity contribution < 1.29 is 38.1 Å². The number of hydrogen-bond donors (Lipinski definition) is 3. The highest BCUT2D eigenvalue weighted by atomic mass is 32.1. The quantitative estimate of drug-likeness (QED) is 0.0801. The van der Waals surface area contributed by atoms with Crippen molar-refractivity contribution in [3.8, 4) is 0 Å². The highest BCUT2D eigenvalue weighted by Crippen LogP contribution is 2.26. The number of benzene rings is 2. The minimum atomic E-state index is -0.678. The molecule has 0 aliphatic rings. The van der Waals surface area contributed by atoms with E-state index in [4.69, 9.17) is 32.2 Å². The van der Waals surface area contributed by atoms with Crippen molar-refractivity contribution >= 4 is 92.3 Å². The Morgan fingerprint density at radius 2 is 1.30 bits per heavy atom. The minimum Gasteiger partial charge on any atom is -0.450 e. The van der Waals surface area contributed by atoms with Gasteiger partial charge in [0.2, 0.25) is 0 Å². The Hall–Kier alpha value is -5.31. The zero-order valence-electron chi connectivity index (χ0n) is 29.2. The lowest BCUT2D eigenvalue weighted by molar-refractivity contribution is 0.0533. The third-order valence-electron chi connectivity index (χ3n) is 5.82. The Morgan fingerprint density at radius 1 is 0.800 bits per heavy atom. The summed E-state index contributed by atoms with van der Waals surface area (Å²) in [5.41, 5.74) is 7.48. The van der Waals surface area contributed by atoms with E-state index in [-0.39, 0.29) is 11.7 Å². The van der Waals surface area contributed by atoms with Gasteiger partial charge in [0.05, 0.1) is 29.4 Å². The maximum atomic E-state index is 12.3. The molecule has 0 spiro atoms. The lowest BCUT2D eigenvalue weighted by Crippen LogP contribution is -2.34. The Morgan fingerprint density at radius 3 is 1.80 bits per heavy atom. The summed E-state index contributed by atoms with van der Waals surface area (Å²) in [5, 5.41) is 8.96. The number of alkyl carbamates (subject to hydrolysis) is 1. The fourth-order valence-electron chi connectivity index (χ4n) is 4.02. The SMILES string of the molecule is CC(C)(C)OC(=O)n1ccc2c(N)cccc21.CCOC(=O)N=C=S.CCOC(=O)NC(=S)Nc1cccc2c1ccn2C(=O)OC(C)(C)C. The maximum Gasteiger partial charge on any atom is 0.442 e. The number of ether oxygens (including phenoxy) is 4. The van der Waals surface area contributed by atoms with Gasteiger partial charge in [-0.25, -0.2) is 19.2 Å². The molecule has 2 heterocycles. The summed E-state index contributed by atoms with van der Waals surface area (Å²) in [7, 11) is 0. The largest absolute Gasteiger partial charge is 0.450 e. The summed E-state index contributed by atoms with van der Waals surface area (Å²) < 4.78 is 22.7. The third-order valence-corrected chi connectivity index (χ3v) is 6.12. The number of hydrogen-bond acceptors (Lipinski definition) is 11. The second-order valence-corrected chi connectivity index (χ2v) is 12.6. The number of anilines is 2. The molecule has 0 atom stereocenters. The topological polar surface area (TPSA) is 178 Å². The number of nitrogens with zero attached hydrogens (tertiary/aromatic N) is 3. The molecular weight excluding hydrogens is 685 g/mol. The van der Waals surface area contributed by atoms with Crippen LogP contribution in [0.5, 0.6) is 0 Å². The number of nitrogens with two attached hydrogens (primary N) is 1. The highest BCUT2D eigenvalue weighted by molar-refractivity contribution is 7.80. The van der Waals surface area contributed by atoms with Crippen LogP contribution in [-0.2, 0) is 18.9 Å². The van der Waals surface area contributed by atoms with Crippen LogP contribution in [0.4, 0.5) is 30.6 Å². The average Bonchev–Trinajstić information content (AvgIpc) is 3.63. The Bertz CT molecular complexity index is 1880. The van der Waals surface area contributed by atoms with Crippen molar-refractivity contribution in [2.24, 2.45) is 4.99 Å². The van der Waals surface area contributed by atoms with Gasteiger partial charge in [-0.05, 0) is 116 Å². The van der Waals surface area contributed by atoms with Gasteiger partial charge in [-0.15, -0.1) is 4.99 Å². The zero-order chi connectivity index (χ0) is 37.6. The number of amides is 2. The average molecular weight is 727 g/mol. The molecule has 0 saturated carbocycles. The highest BCUT2D eigenvalue weighted by Gasteiger charge is 2.21. The summed E-state index contributed by atoms with van der Waals surface area (Å²) in [5.74, 6) is 0. The number of rotatable bonds is 3. The van der Waals surface area contributed by atoms with Crippen LogP contribution in [0.2, 0.25) is 0 Å². The van der Waals surface area contributed by atoms with Crippen molar-refractivity contribution in [2.45, 2.75) is 66.6 Å². The van der Waals surface area contributed by atoms with Crippen molar-refractivity contribution in [3.05, 3.63) is 60.9 Å². The van der Waals surface area contributed by atoms with E-state index in [2.05, 4.69) is 32.6 Å². The molecule has 0 radical (unpaired) electrons. The molecule has 4 N–H and O–H groups in total. The van der Waals surface area contributed by atoms with Gasteiger partial charge < -0.3 is 30.0 Å². The smallest absolute Gasteiger partial charge is 0.442 e. The molecule has 0 bridgehead atoms. The van der Waals surface area contributed by atoms with Gasteiger partial charge in [0, 0.05) is 34.5 Å². The molecule has 16 heteroatoms. The predicted molar refractivity (Wildman–Crippen MR) is 200 cm³/mol. The molecule has 50 heavy (non-hydrogen) atoms. The number of fused-ring (bicyclic) bond motifs is 2. The monoisotopic (exact) mass is 726 g/mol. The zero-order valence-corrected chi connectivity index (χ0v) is 30.8. The van der Waals surface area contributed by atoms with E-state index in [1.165, 1.54) is 9.13 Å². The number of thiocarbonyl (C=S) groups is 2. The Balaban J connectivity index is 0.000000298. The number of carbonyl (C=O) groups is 4. The van der Waals surface area contributed by atoms with Crippen LogP contribution < -0.4 is 16.4 Å². The van der Waals surface area contributed by atoms with Crippen LogP contribution in [0.3, 0.4) is 0 Å². The van der Waals surface area contributed by atoms with E-state index >= 15 is 0 Å². The summed E-state index contributed by atoms with van der Waals surface area (Å²) in [6.45, 7) is 14.9. The van der Waals surface area contributed by atoms with Crippen molar-refractivity contribution in [3.63, 3.8) is 0 Å². The van der Waals surface area contributed by atoms with Gasteiger partial charge in [-0.3, -0.25) is 14.5 Å². The van der Waals surface area contributed by atoms with Crippen LogP contribution >= 0.6 is 24.4 Å². The minimum absolute atomic E-state index is 0.107. The second-order valence-electron chi connectivity index (χ2n) is 12.1. The first-order valence-corrected chi connectivity index (χ1v) is 16.1.